The van der Waals surface area contributed by atoms with Crippen LogP contribution in [0.25, 0.3) is 11.2 Å². The third-order valence-electron chi connectivity index (χ3n) is 6.02. The van der Waals surface area contributed by atoms with Gasteiger partial charge in [0.25, 0.3) is 0 Å². The zero-order chi connectivity index (χ0) is 22.7. The lowest BCUT2D eigenvalue weighted by Gasteiger charge is -2.32. The standard InChI is InChI=1S/C24H27F2N5O/c1-3-20-21(4-2)30-23-22(29-20)12-18(14-27-23)31-9-7-15(8-10-31)24(32)28-13-16-11-17(25)5-6-19(16)26/h5-6,11-12,14-15H,3-4,7-10,13H2,1-2H3,(H,28,32). The number of hydrogen-bond donors (Lipinski definition) is 1. The molecule has 0 unspecified atom stereocenters. The second-order valence-corrected chi connectivity index (χ2v) is 8.08. The summed E-state index contributed by atoms with van der Waals surface area (Å²) in [6.45, 7) is 5.54. The first-order chi connectivity index (χ1) is 15.5. The van der Waals surface area contributed by atoms with E-state index in [0.29, 0.717) is 31.6 Å². The van der Waals surface area contributed by atoms with Crippen molar-refractivity contribution in [3.63, 3.8) is 0 Å². The van der Waals surface area contributed by atoms with Crippen molar-refractivity contribution in [3.05, 3.63) is 59.0 Å². The first-order valence-electron chi connectivity index (χ1n) is 11.1. The number of fused-ring (bicyclic) bond motifs is 1. The van der Waals surface area contributed by atoms with E-state index in [4.69, 9.17) is 4.98 Å². The molecule has 8 heteroatoms. The van der Waals surface area contributed by atoms with Gasteiger partial charge in [-0.1, -0.05) is 13.8 Å². The minimum atomic E-state index is -0.522. The van der Waals surface area contributed by atoms with Crippen molar-refractivity contribution in [1.29, 1.82) is 0 Å². The Labute approximate surface area is 186 Å². The monoisotopic (exact) mass is 439 g/mol. The summed E-state index contributed by atoms with van der Waals surface area (Å²) < 4.78 is 27.1. The molecule has 1 aliphatic heterocycles. The first kappa shape index (κ1) is 22.0. The lowest BCUT2D eigenvalue weighted by molar-refractivity contribution is -0.125. The van der Waals surface area contributed by atoms with Crippen LogP contribution in [0.1, 0.15) is 43.6 Å². The highest BCUT2D eigenvalue weighted by atomic mass is 19.1. The Balaban J connectivity index is 1.38. The fourth-order valence-electron chi connectivity index (χ4n) is 4.15. The first-order valence-corrected chi connectivity index (χ1v) is 11.1. The number of anilines is 1. The van der Waals surface area contributed by atoms with Crippen LogP contribution >= 0.6 is 0 Å². The lowest BCUT2D eigenvalue weighted by atomic mass is 9.95. The van der Waals surface area contributed by atoms with Crippen molar-refractivity contribution in [3.8, 4) is 0 Å². The molecule has 168 valence electrons. The van der Waals surface area contributed by atoms with Gasteiger partial charge in [0.1, 0.15) is 17.2 Å². The second-order valence-electron chi connectivity index (χ2n) is 8.08. The van der Waals surface area contributed by atoms with Crippen LogP contribution in [0.4, 0.5) is 14.5 Å². The average Bonchev–Trinajstić information content (AvgIpc) is 2.83. The van der Waals surface area contributed by atoms with Gasteiger partial charge in [-0.3, -0.25) is 4.79 Å². The van der Waals surface area contributed by atoms with Crippen molar-refractivity contribution in [2.45, 2.75) is 46.1 Å². The molecule has 32 heavy (non-hydrogen) atoms. The molecule has 0 bridgehead atoms. The van der Waals surface area contributed by atoms with Crippen LogP contribution in [0.3, 0.4) is 0 Å². The quantitative estimate of drug-likeness (QED) is 0.630. The second kappa shape index (κ2) is 9.54. The molecule has 3 heterocycles. The molecular formula is C24H27F2N5O. The van der Waals surface area contributed by atoms with Gasteiger partial charge < -0.3 is 10.2 Å². The number of nitrogens with one attached hydrogen (secondary N) is 1. The van der Waals surface area contributed by atoms with E-state index < -0.39 is 11.6 Å². The van der Waals surface area contributed by atoms with Crippen molar-refractivity contribution in [2.24, 2.45) is 5.92 Å². The molecule has 6 nitrogen and oxygen atoms in total. The Bertz CT molecular complexity index is 1130. The lowest BCUT2D eigenvalue weighted by Crippen LogP contribution is -2.40. The van der Waals surface area contributed by atoms with Gasteiger partial charge in [0.2, 0.25) is 5.91 Å². The Kier molecular flexibility index (Phi) is 6.58. The number of rotatable bonds is 6. The molecule has 1 N–H and O–H groups in total. The molecule has 0 spiro atoms. The highest BCUT2D eigenvalue weighted by Crippen LogP contribution is 2.25. The number of hydrogen-bond acceptors (Lipinski definition) is 5. The number of amides is 1. The summed E-state index contributed by atoms with van der Waals surface area (Å²) in [5.74, 6) is -1.33. The van der Waals surface area contributed by atoms with E-state index in [-0.39, 0.29) is 23.9 Å². The molecule has 1 aliphatic rings. The van der Waals surface area contributed by atoms with Gasteiger partial charge in [-0.2, -0.15) is 0 Å². The largest absolute Gasteiger partial charge is 0.370 e. The number of carbonyl (C=O) groups is 1. The Morgan fingerprint density at radius 2 is 1.81 bits per heavy atom. The third-order valence-corrected chi connectivity index (χ3v) is 6.02. The molecule has 2 aromatic heterocycles. The Morgan fingerprint density at radius 1 is 1.09 bits per heavy atom. The van der Waals surface area contributed by atoms with Gasteiger partial charge in [0.15, 0.2) is 5.65 Å². The van der Waals surface area contributed by atoms with E-state index in [1.807, 2.05) is 12.3 Å². The predicted octanol–water partition coefficient (Wildman–Crippen LogP) is 3.96. The minimum Gasteiger partial charge on any atom is -0.370 e. The van der Waals surface area contributed by atoms with Crippen molar-refractivity contribution < 1.29 is 13.6 Å². The average molecular weight is 440 g/mol. The van der Waals surface area contributed by atoms with Gasteiger partial charge in [0.05, 0.1) is 23.3 Å². The van der Waals surface area contributed by atoms with Crippen LogP contribution in [-0.4, -0.2) is 33.9 Å². The van der Waals surface area contributed by atoms with Crippen LogP contribution in [0.15, 0.2) is 30.5 Å². The maximum atomic E-state index is 13.8. The number of halogens is 2. The molecule has 0 radical (unpaired) electrons. The zero-order valence-corrected chi connectivity index (χ0v) is 18.4. The van der Waals surface area contributed by atoms with Crippen molar-refractivity contribution in [1.82, 2.24) is 20.3 Å². The van der Waals surface area contributed by atoms with Gasteiger partial charge in [-0.05, 0) is 49.9 Å². The summed E-state index contributed by atoms with van der Waals surface area (Å²) in [4.78, 5) is 28.7. The van der Waals surface area contributed by atoms with E-state index in [0.717, 1.165) is 53.6 Å². The van der Waals surface area contributed by atoms with E-state index >= 15 is 0 Å². The molecule has 0 atom stereocenters. The van der Waals surface area contributed by atoms with Crippen LogP contribution in [0.2, 0.25) is 0 Å². The van der Waals surface area contributed by atoms with E-state index in [2.05, 4.69) is 34.0 Å². The molecule has 1 saturated heterocycles. The fraction of sp³-hybridized carbons (Fsp3) is 0.417. The third kappa shape index (κ3) is 4.69. The maximum Gasteiger partial charge on any atom is 0.223 e. The number of carbonyl (C=O) groups excluding carboxylic acids is 1. The van der Waals surface area contributed by atoms with Crippen LogP contribution in [0, 0.1) is 17.6 Å². The van der Waals surface area contributed by atoms with E-state index in [1.165, 1.54) is 0 Å². The van der Waals surface area contributed by atoms with Gasteiger partial charge >= 0.3 is 0 Å². The summed E-state index contributed by atoms with van der Waals surface area (Å²) in [5.41, 5.74) is 4.56. The number of piperidine rings is 1. The summed E-state index contributed by atoms with van der Waals surface area (Å²) in [7, 11) is 0. The molecule has 1 fully saturated rings. The van der Waals surface area contributed by atoms with Gasteiger partial charge in [-0.25, -0.2) is 23.7 Å². The van der Waals surface area contributed by atoms with Crippen molar-refractivity contribution in [2.75, 3.05) is 18.0 Å². The Morgan fingerprint density at radius 3 is 2.53 bits per heavy atom. The topological polar surface area (TPSA) is 71.0 Å². The van der Waals surface area contributed by atoms with E-state index in [1.54, 1.807) is 0 Å². The zero-order valence-electron chi connectivity index (χ0n) is 18.4. The molecule has 0 aliphatic carbocycles. The SMILES string of the molecule is CCc1nc2cc(N3CCC(C(=O)NCc4cc(F)ccc4F)CC3)cnc2nc1CC. The molecule has 1 aromatic carbocycles. The Hall–Kier alpha value is -3.16. The van der Waals surface area contributed by atoms with Gasteiger partial charge in [-0.15, -0.1) is 0 Å². The van der Waals surface area contributed by atoms with Crippen LogP contribution in [0.5, 0.6) is 0 Å². The normalized spacial score (nSPS) is 14.7. The number of pyridine rings is 1. The van der Waals surface area contributed by atoms with Gasteiger partial charge in [0, 0.05) is 31.1 Å². The molecule has 4 rings (SSSR count). The number of aryl methyl sites for hydroxylation is 2. The van der Waals surface area contributed by atoms with Crippen LogP contribution in [-0.2, 0) is 24.2 Å². The molecule has 3 aromatic rings. The van der Waals surface area contributed by atoms with Crippen LogP contribution < -0.4 is 10.2 Å². The number of aromatic nitrogens is 3. The van der Waals surface area contributed by atoms with E-state index in [9.17, 15) is 13.6 Å². The summed E-state index contributed by atoms with van der Waals surface area (Å²) in [5, 5.41) is 2.74. The highest BCUT2D eigenvalue weighted by Gasteiger charge is 2.25. The predicted molar refractivity (Wildman–Crippen MR) is 119 cm³/mol. The minimum absolute atomic E-state index is 0.0184. The molecule has 1 amide bonds. The number of nitrogens with zero attached hydrogens (tertiary/aromatic N) is 4. The van der Waals surface area contributed by atoms with Crippen molar-refractivity contribution >= 4 is 22.8 Å². The summed E-state index contributed by atoms with van der Waals surface area (Å²) >= 11 is 0. The highest BCUT2D eigenvalue weighted by molar-refractivity contribution is 5.79. The smallest absolute Gasteiger partial charge is 0.223 e. The number of benzene rings is 1. The maximum absolute atomic E-state index is 13.8. The molecular weight excluding hydrogens is 412 g/mol. The fourth-order valence-corrected chi connectivity index (χ4v) is 4.15. The molecule has 0 saturated carbocycles. The summed E-state index contributed by atoms with van der Waals surface area (Å²) in [6, 6.07) is 5.27. The summed E-state index contributed by atoms with van der Waals surface area (Å²) in [6.07, 6.45) is 4.83.